The van der Waals surface area contributed by atoms with Gasteiger partial charge in [-0.2, -0.15) is 0 Å². The molecule has 0 aromatic heterocycles. The molecule has 4 nitrogen and oxygen atoms in total. The van der Waals surface area contributed by atoms with Gasteiger partial charge in [-0.3, -0.25) is 4.79 Å². The third kappa shape index (κ3) is 4.21. The van der Waals surface area contributed by atoms with E-state index in [4.69, 9.17) is 4.74 Å². The second-order valence-corrected chi connectivity index (χ2v) is 6.25. The maximum atomic E-state index is 12.0. The highest BCUT2D eigenvalue weighted by atomic mass is 79.9. The quantitative estimate of drug-likeness (QED) is 0.834. The van der Waals surface area contributed by atoms with E-state index in [-0.39, 0.29) is 17.9 Å². The standard InChI is InChI=1S/C15H21BrN2O2/c1-10(20-14-5-3-13(16)4-6-14)7-18-15(19)11(2)12-8-17-9-12/h3-6,10-12,17H,7-9H2,1-2H3,(H,18,19). The van der Waals surface area contributed by atoms with Crippen molar-refractivity contribution >= 4 is 21.8 Å². The minimum atomic E-state index is -0.0492. The maximum absolute atomic E-state index is 12.0. The molecule has 1 fully saturated rings. The summed E-state index contributed by atoms with van der Waals surface area (Å²) in [7, 11) is 0. The zero-order valence-corrected chi connectivity index (χ0v) is 13.4. The number of hydrogen-bond acceptors (Lipinski definition) is 3. The van der Waals surface area contributed by atoms with Gasteiger partial charge in [-0.05, 0) is 50.2 Å². The monoisotopic (exact) mass is 340 g/mol. The number of nitrogens with one attached hydrogen (secondary N) is 2. The first-order valence-corrected chi connectivity index (χ1v) is 7.76. The molecule has 0 saturated carbocycles. The number of carbonyl (C=O) groups excluding carboxylic acids is 1. The van der Waals surface area contributed by atoms with E-state index in [1.807, 2.05) is 38.1 Å². The minimum absolute atomic E-state index is 0.0492. The highest BCUT2D eigenvalue weighted by Crippen LogP contribution is 2.18. The van der Waals surface area contributed by atoms with Crippen molar-refractivity contribution in [3.8, 4) is 5.75 Å². The van der Waals surface area contributed by atoms with Gasteiger partial charge in [0.1, 0.15) is 11.9 Å². The number of halogens is 1. The second kappa shape index (κ2) is 7.09. The Morgan fingerprint density at radius 1 is 1.40 bits per heavy atom. The van der Waals surface area contributed by atoms with Gasteiger partial charge in [-0.25, -0.2) is 0 Å². The zero-order chi connectivity index (χ0) is 14.5. The third-order valence-corrected chi connectivity index (χ3v) is 4.18. The average Bonchev–Trinajstić information content (AvgIpc) is 2.36. The molecule has 1 heterocycles. The summed E-state index contributed by atoms with van der Waals surface area (Å²) >= 11 is 3.39. The lowest BCUT2D eigenvalue weighted by Gasteiger charge is -2.32. The Balaban J connectivity index is 1.72. The number of ether oxygens (including phenoxy) is 1. The van der Waals surface area contributed by atoms with Crippen LogP contribution in [0, 0.1) is 11.8 Å². The highest BCUT2D eigenvalue weighted by molar-refractivity contribution is 9.10. The van der Waals surface area contributed by atoms with E-state index in [1.165, 1.54) is 0 Å². The fourth-order valence-corrected chi connectivity index (χ4v) is 2.34. The molecular weight excluding hydrogens is 320 g/mol. The molecule has 1 aliphatic heterocycles. The van der Waals surface area contributed by atoms with Crippen molar-refractivity contribution in [3.63, 3.8) is 0 Å². The van der Waals surface area contributed by atoms with Crippen molar-refractivity contribution in [3.05, 3.63) is 28.7 Å². The summed E-state index contributed by atoms with van der Waals surface area (Å²) in [5.41, 5.74) is 0. The summed E-state index contributed by atoms with van der Waals surface area (Å²) in [6, 6.07) is 7.69. The SMILES string of the molecule is CC(CNC(=O)C(C)C1CNC1)Oc1ccc(Br)cc1. The van der Waals surface area contributed by atoms with Gasteiger partial charge >= 0.3 is 0 Å². The van der Waals surface area contributed by atoms with Crippen molar-refractivity contribution in [1.29, 1.82) is 0 Å². The number of amides is 1. The molecule has 0 radical (unpaired) electrons. The predicted octanol–water partition coefficient (Wildman–Crippen LogP) is 2.19. The molecule has 110 valence electrons. The van der Waals surface area contributed by atoms with E-state index in [9.17, 15) is 4.79 Å². The summed E-state index contributed by atoms with van der Waals surface area (Å²) < 4.78 is 6.77. The van der Waals surface area contributed by atoms with Crippen LogP contribution in [-0.4, -0.2) is 31.6 Å². The van der Waals surface area contributed by atoms with E-state index in [0.29, 0.717) is 12.5 Å². The van der Waals surface area contributed by atoms with Crippen LogP contribution in [0.2, 0.25) is 0 Å². The molecule has 5 heteroatoms. The van der Waals surface area contributed by atoms with Crippen LogP contribution in [0.25, 0.3) is 0 Å². The lowest BCUT2D eigenvalue weighted by molar-refractivity contribution is -0.127. The summed E-state index contributed by atoms with van der Waals surface area (Å²) in [5.74, 6) is 1.46. The Kier molecular flexibility index (Phi) is 5.43. The van der Waals surface area contributed by atoms with Gasteiger partial charge in [0.2, 0.25) is 5.91 Å². The van der Waals surface area contributed by atoms with Gasteiger partial charge in [0, 0.05) is 10.4 Å². The van der Waals surface area contributed by atoms with Crippen LogP contribution in [-0.2, 0) is 4.79 Å². The van der Waals surface area contributed by atoms with Gasteiger partial charge in [-0.1, -0.05) is 22.9 Å². The van der Waals surface area contributed by atoms with Gasteiger partial charge in [0.15, 0.2) is 0 Å². The van der Waals surface area contributed by atoms with Crippen molar-refractivity contribution in [2.24, 2.45) is 11.8 Å². The first kappa shape index (κ1) is 15.3. The van der Waals surface area contributed by atoms with E-state index < -0.39 is 0 Å². The highest BCUT2D eigenvalue weighted by Gasteiger charge is 2.28. The normalized spacial score (nSPS) is 17.9. The van der Waals surface area contributed by atoms with Crippen LogP contribution >= 0.6 is 15.9 Å². The predicted molar refractivity (Wildman–Crippen MR) is 82.8 cm³/mol. The first-order valence-electron chi connectivity index (χ1n) is 6.97. The molecule has 2 N–H and O–H groups in total. The maximum Gasteiger partial charge on any atom is 0.223 e. The average molecular weight is 341 g/mol. The molecule has 0 bridgehead atoms. The topological polar surface area (TPSA) is 50.4 Å². The fourth-order valence-electron chi connectivity index (χ4n) is 2.07. The van der Waals surface area contributed by atoms with Crippen LogP contribution in [0.5, 0.6) is 5.75 Å². The van der Waals surface area contributed by atoms with Crippen LogP contribution in [0.15, 0.2) is 28.7 Å². The van der Waals surface area contributed by atoms with Gasteiger partial charge in [0.25, 0.3) is 0 Å². The molecule has 2 atom stereocenters. The van der Waals surface area contributed by atoms with Crippen molar-refractivity contribution in [2.45, 2.75) is 20.0 Å². The molecule has 1 aromatic rings. The van der Waals surface area contributed by atoms with Crippen LogP contribution in [0.3, 0.4) is 0 Å². The van der Waals surface area contributed by atoms with Crippen LogP contribution < -0.4 is 15.4 Å². The molecule has 1 amide bonds. The summed E-state index contributed by atoms with van der Waals surface area (Å²) in [6.45, 7) is 6.36. The molecule has 2 rings (SSSR count). The Hall–Kier alpha value is -1.07. The van der Waals surface area contributed by atoms with E-state index in [0.717, 1.165) is 23.3 Å². The van der Waals surface area contributed by atoms with E-state index in [1.54, 1.807) is 0 Å². The first-order chi connectivity index (χ1) is 9.56. The Bertz CT molecular complexity index is 446. The molecule has 1 aliphatic rings. The molecule has 2 unspecified atom stereocenters. The Morgan fingerprint density at radius 2 is 2.05 bits per heavy atom. The molecule has 0 spiro atoms. The van der Waals surface area contributed by atoms with E-state index in [2.05, 4.69) is 26.6 Å². The summed E-state index contributed by atoms with van der Waals surface area (Å²) in [6.07, 6.45) is -0.0492. The number of rotatable bonds is 6. The van der Waals surface area contributed by atoms with Crippen LogP contribution in [0.4, 0.5) is 0 Å². The van der Waals surface area contributed by atoms with Gasteiger partial charge in [0.05, 0.1) is 6.54 Å². The van der Waals surface area contributed by atoms with Crippen molar-refractivity contribution < 1.29 is 9.53 Å². The molecule has 20 heavy (non-hydrogen) atoms. The lowest BCUT2D eigenvalue weighted by atomic mass is 9.88. The van der Waals surface area contributed by atoms with Gasteiger partial charge in [-0.15, -0.1) is 0 Å². The number of carbonyl (C=O) groups is 1. The zero-order valence-electron chi connectivity index (χ0n) is 11.9. The van der Waals surface area contributed by atoms with E-state index >= 15 is 0 Å². The van der Waals surface area contributed by atoms with Crippen molar-refractivity contribution in [2.75, 3.05) is 19.6 Å². The summed E-state index contributed by atoms with van der Waals surface area (Å²) in [5, 5.41) is 6.15. The smallest absolute Gasteiger partial charge is 0.223 e. The lowest BCUT2D eigenvalue weighted by Crippen LogP contribution is -2.50. The number of benzene rings is 1. The molecule has 1 aromatic carbocycles. The molecular formula is C15H21BrN2O2. The molecule has 0 aliphatic carbocycles. The minimum Gasteiger partial charge on any atom is -0.489 e. The number of hydrogen-bond donors (Lipinski definition) is 2. The Labute approximate surface area is 128 Å². The second-order valence-electron chi connectivity index (χ2n) is 5.33. The van der Waals surface area contributed by atoms with Gasteiger partial charge < -0.3 is 15.4 Å². The fraction of sp³-hybridized carbons (Fsp3) is 0.533. The summed E-state index contributed by atoms with van der Waals surface area (Å²) in [4.78, 5) is 12.0. The third-order valence-electron chi connectivity index (χ3n) is 3.65. The van der Waals surface area contributed by atoms with Crippen molar-refractivity contribution in [1.82, 2.24) is 10.6 Å². The Morgan fingerprint density at radius 3 is 2.60 bits per heavy atom. The largest absolute Gasteiger partial charge is 0.489 e. The van der Waals surface area contributed by atoms with Crippen LogP contribution in [0.1, 0.15) is 13.8 Å². The molecule has 1 saturated heterocycles.